The molecule has 3 rings (SSSR count). The number of hydrogen-bond donors (Lipinski definition) is 0. The van der Waals surface area contributed by atoms with Gasteiger partial charge in [0.05, 0.1) is 6.04 Å². The first-order chi connectivity index (χ1) is 8.75. The Morgan fingerprint density at radius 3 is 2.83 bits per heavy atom. The van der Waals surface area contributed by atoms with Crippen LogP contribution in [0.4, 0.5) is 0 Å². The molecule has 3 unspecified atom stereocenters. The van der Waals surface area contributed by atoms with E-state index in [1.165, 1.54) is 38.8 Å². The molecule has 2 aliphatic heterocycles. The van der Waals surface area contributed by atoms with Gasteiger partial charge in [-0.15, -0.1) is 0 Å². The first kappa shape index (κ1) is 12.6. The molecule has 3 heteroatoms. The Hall–Kier alpha value is -0.410. The van der Waals surface area contributed by atoms with Gasteiger partial charge in [-0.3, -0.25) is 14.6 Å². The molecule has 102 valence electrons. The zero-order valence-electron chi connectivity index (χ0n) is 11.6. The van der Waals surface area contributed by atoms with E-state index in [0.29, 0.717) is 11.8 Å². The molecule has 0 bridgehead atoms. The van der Waals surface area contributed by atoms with E-state index in [2.05, 4.69) is 16.7 Å². The van der Waals surface area contributed by atoms with Crippen LogP contribution >= 0.6 is 0 Å². The molecule has 3 aliphatic rings. The Bertz CT molecular complexity index is 318. The van der Waals surface area contributed by atoms with Crippen molar-refractivity contribution in [2.75, 3.05) is 19.6 Å². The van der Waals surface area contributed by atoms with Crippen molar-refractivity contribution in [3.63, 3.8) is 0 Å². The number of Topliss-reactive ketones (excluding diaryl/α,β-unsaturated/α-hetero) is 1. The predicted molar refractivity (Wildman–Crippen MR) is 72.6 cm³/mol. The van der Waals surface area contributed by atoms with Gasteiger partial charge in [0.1, 0.15) is 5.78 Å². The third kappa shape index (κ3) is 2.35. The third-order valence-electron chi connectivity index (χ3n) is 5.16. The van der Waals surface area contributed by atoms with E-state index in [-0.39, 0.29) is 6.04 Å². The van der Waals surface area contributed by atoms with E-state index >= 15 is 0 Å². The molecule has 3 fully saturated rings. The van der Waals surface area contributed by atoms with E-state index in [0.717, 1.165) is 31.8 Å². The van der Waals surface area contributed by atoms with Crippen molar-refractivity contribution in [2.45, 2.75) is 70.0 Å². The van der Waals surface area contributed by atoms with Gasteiger partial charge in [-0.2, -0.15) is 0 Å². The fourth-order valence-electron chi connectivity index (χ4n) is 4.14. The smallest absolute Gasteiger partial charge is 0.149 e. The monoisotopic (exact) mass is 250 g/mol. The standard InChI is InChI=1S/C15H26N2O/c1-12-10-16-9-5-6-13(16)11-17(12)14-7-3-2-4-8-15(14)18/h12-14H,2-11H2,1H3. The second-order valence-corrected chi connectivity index (χ2v) is 6.42. The van der Waals surface area contributed by atoms with Gasteiger partial charge in [-0.25, -0.2) is 0 Å². The van der Waals surface area contributed by atoms with Crippen LogP contribution in [0.15, 0.2) is 0 Å². The molecule has 3 atom stereocenters. The maximum absolute atomic E-state index is 12.3. The highest BCUT2D eigenvalue weighted by atomic mass is 16.1. The number of fused-ring (bicyclic) bond motifs is 1. The van der Waals surface area contributed by atoms with Gasteiger partial charge in [0.2, 0.25) is 0 Å². The van der Waals surface area contributed by atoms with E-state index < -0.39 is 0 Å². The van der Waals surface area contributed by atoms with Crippen molar-refractivity contribution in [3.8, 4) is 0 Å². The molecule has 0 N–H and O–H groups in total. The minimum Gasteiger partial charge on any atom is -0.298 e. The molecular formula is C15H26N2O. The summed E-state index contributed by atoms with van der Waals surface area (Å²) in [6.07, 6.45) is 8.23. The van der Waals surface area contributed by atoms with E-state index in [9.17, 15) is 4.79 Å². The number of carbonyl (C=O) groups excluding carboxylic acids is 1. The molecule has 0 radical (unpaired) electrons. The summed E-state index contributed by atoms with van der Waals surface area (Å²) in [6, 6.07) is 1.54. The fourth-order valence-corrected chi connectivity index (χ4v) is 4.14. The van der Waals surface area contributed by atoms with Crippen LogP contribution in [0.1, 0.15) is 51.9 Å². The van der Waals surface area contributed by atoms with Crippen LogP contribution in [-0.2, 0) is 4.79 Å². The SMILES string of the molecule is CC1CN2CCCC2CN1C1CCCCCC1=O. The van der Waals surface area contributed by atoms with E-state index in [1.54, 1.807) is 0 Å². The van der Waals surface area contributed by atoms with Gasteiger partial charge in [-0.05, 0) is 39.2 Å². The Morgan fingerprint density at radius 1 is 1.06 bits per heavy atom. The molecule has 18 heavy (non-hydrogen) atoms. The third-order valence-corrected chi connectivity index (χ3v) is 5.16. The lowest BCUT2D eigenvalue weighted by atomic mass is 9.99. The van der Waals surface area contributed by atoms with Crippen molar-refractivity contribution in [2.24, 2.45) is 0 Å². The summed E-state index contributed by atoms with van der Waals surface area (Å²) in [7, 11) is 0. The minimum atomic E-state index is 0.241. The van der Waals surface area contributed by atoms with E-state index in [4.69, 9.17) is 0 Å². The van der Waals surface area contributed by atoms with Crippen molar-refractivity contribution in [1.82, 2.24) is 9.80 Å². The summed E-state index contributed by atoms with van der Waals surface area (Å²) in [6.45, 7) is 5.90. The van der Waals surface area contributed by atoms with Crippen LogP contribution < -0.4 is 0 Å². The second-order valence-electron chi connectivity index (χ2n) is 6.42. The van der Waals surface area contributed by atoms with Gasteiger partial charge >= 0.3 is 0 Å². The molecule has 0 spiro atoms. The molecule has 0 amide bonds. The number of piperazine rings is 1. The maximum atomic E-state index is 12.3. The first-order valence-electron chi connectivity index (χ1n) is 7.78. The predicted octanol–water partition coefficient (Wildman–Crippen LogP) is 2.06. The molecule has 1 saturated carbocycles. The average molecular weight is 250 g/mol. The van der Waals surface area contributed by atoms with Crippen LogP contribution in [0, 0.1) is 0 Å². The lowest BCUT2D eigenvalue weighted by Gasteiger charge is -2.45. The fraction of sp³-hybridized carbons (Fsp3) is 0.933. The highest BCUT2D eigenvalue weighted by molar-refractivity contribution is 5.84. The maximum Gasteiger partial charge on any atom is 0.149 e. The second kappa shape index (κ2) is 5.30. The summed E-state index contributed by atoms with van der Waals surface area (Å²) in [4.78, 5) is 17.5. The summed E-state index contributed by atoms with van der Waals surface area (Å²) in [5.74, 6) is 0.519. The number of hydrogen-bond acceptors (Lipinski definition) is 3. The van der Waals surface area contributed by atoms with Crippen molar-refractivity contribution in [1.29, 1.82) is 0 Å². The average Bonchev–Trinajstić information content (AvgIpc) is 2.69. The van der Waals surface area contributed by atoms with Gasteiger partial charge in [0.15, 0.2) is 0 Å². The molecule has 0 aromatic rings. The molecule has 2 saturated heterocycles. The van der Waals surface area contributed by atoms with Crippen molar-refractivity contribution in [3.05, 3.63) is 0 Å². The van der Waals surface area contributed by atoms with Crippen molar-refractivity contribution < 1.29 is 4.79 Å². The molecular weight excluding hydrogens is 224 g/mol. The number of ketones is 1. The minimum absolute atomic E-state index is 0.241. The van der Waals surface area contributed by atoms with Crippen molar-refractivity contribution >= 4 is 5.78 Å². The Balaban J connectivity index is 1.71. The Kier molecular flexibility index (Phi) is 3.71. The normalized spacial score (nSPS) is 39.6. The molecule has 0 aromatic carbocycles. The molecule has 3 nitrogen and oxygen atoms in total. The van der Waals surface area contributed by atoms with Crippen LogP contribution in [0.3, 0.4) is 0 Å². The number of nitrogens with zero attached hydrogens (tertiary/aromatic N) is 2. The quantitative estimate of drug-likeness (QED) is 0.666. The number of carbonyl (C=O) groups is 1. The van der Waals surface area contributed by atoms with Crippen LogP contribution in [0.2, 0.25) is 0 Å². The zero-order valence-corrected chi connectivity index (χ0v) is 11.6. The highest BCUT2D eigenvalue weighted by Gasteiger charge is 2.39. The largest absolute Gasteiger partial charge is 0.298 e. The van der Waals surface area contributed by atoms with Gasteiger partial charge < -0.3 is 0 Å². The molecule has 2 heterocycles. The topological polar surface area (TPSA) is 23.6 Å². The van der Waals surface area contributed by atoms with Gasteiger partial charge in [0.25, 0.3) is 0 Å². The number of rotatable bonds is 1. The molecule has 1 aliphatic carbocycles. The Labute approximate surface area is 111 Å². The summed E-state index contributed by atoms with van der Waals surface area (Å²) in [5, 5.41) is 0. The lowest BCUT2D eigenvalue weighted by Crippen LogP contribution is -2.59. The zero-order chi connectivity index (χ0) is 12.5. The summed E-state index contributed by atoms with van der Waals surface area (Å²) < 4.78 is 0. The first-order valence-corrected chi connectivity index (χ1v) is 7.78. The highest BCUT2D eigenvalue weighted by Crippen LogP contribution is 2.29. The summed E-state index contributed by atoms with van der Waals surface area (Å²) >= 11 is 0. The van der Waals surface area contributed by atoms with Crippen LogP contribution in [0.25, 0.3) is 0 Å². The van der Waals surface area contributed by atoms with Gasteiger partial charge in [-0.1, -0.05) is 12.8 Å². The van der Waals surface area contributed by atoms with Gasteiger partial charge in [0, 0.05) is 31.6 Å². The van der Waals surface area contributed by atoms with Crippen LogP contribution in [-0.4, -0.2) is 53.3 Å². The van der Waals surface area contributed by atoms with Crippen LogP contribution in [0.5, 0.6) is 0 Å². The van der Waals surface area contributed by atoms with E-state index in [1.807, 2.05) is 0 Å². The Morgan fingerprint density at radius 2 is 1.94 bits per heavy atom. The lowest BCUT2D eigenvalue weighted by molar-refractivity contribution is -0.126. The summed E-state index contributed by atoms with van der Waals surface area (Å²) in [5.41, 5.74) is 0. The molecule has 0 aromatic heterocycles.